The smallest absolute Gasteiger partial charge is 0.206 e. The second kappa shape index (κ2) is 10.6. The zero-order valence-corrected chi connectivity index (χ0v) is 21.3. The van der Waals surface area contributed by atoms with Crippen molar-refractivity contribution in [3.63, 3.8) is 0 Å². The molecule has 0 unspecified atom stereocenters. The van der Waals surface area contributed by atoms with Crippen LogP contribution in [0.3, 0.4) is 0 Å². The summed E-state index contributed by atoms with van der Waals surface area (Å²) in [5, 5.41) is 0. The number of hydrogen-bond donors (Lipinski definition) is 1. The zero-order chi connectivity index (χ0) is 25.7. The fourth-order valence-electron chi connectivity index (χ4n) is 2.62. The monoisotopic (exact) mass is 507 g/mol. The minimum Gasteiger partial charge on any atom is -0.206 e. The predicted molar refractivity (Wildman–Crippen MR) is 125 cm³/mol. The van der Waals surface area contributed by atoms with Crippen LogP contribution in [0.5, 0.6) is 0 Å². The van der Waals surface area contributed by atoms with Crippen LogP contribution in [0, 0.1) is 0 Å². The van der Waals surface area contributed by atoms with Gasteiger partial charge in [0.25, 0.3) is 10.0 Å². The largest absolute Gasteiger partial charge is 0.512 e. The van der Waals surface area contributed by atoms with E-state index in [1.807, 2.05) is 20.8 Å². The third-order valence-electron chi connectivity index (χ3n) is 5.77. The lowest BCUT2D eigenvalue weighted by molar-refractivity contribution is -0.0441. The highest BCUT2D eigenvalue weighted by Gasteiger charge is 2.48. The number of benzene rings is 2. The standard InChI is InChI=1S/C12H16F3NO4S2.C11H16/c1-4-11(2,3)9-6-5-7-10(8-9)21(17,18)16-22(19,20)12(13,14)15;1-4-11(2,3)10-8-6-5-7-9-10/h5-8,16H,4H2,1-3H3;5-9H,4H2,1-3H3. The van der Waals surface area contributed by atoms with Crippen LogP contribution in [0.4, 0.5) is 13.2 Å². The molecular weight excluding hydrogens is 475 g/mol. The SMILES string of the molecule is CCC(C)(C)c1cccc(S(=O)(=O)NS(=O)(=O)C(F)(F)F)c1.CCC(C)(C)c1ccccc1. The molecule has 0 saturated heterocycles. The van der Waals surface area contributed by atoms with Gasteiger partial charge in [0.05, 0.1) is 4.90 Å². The maximum absolute atomic E-state index is 12.3. The third-order valence-corrected chi connectivity index (χ3v) is 9.01. The van der Waals surface area contributed by atoms with Crippen LogP contribution in [0.25, 0.3) is 0 Å². The fourth-order valence-corrected chi connectivity index (χ4v) is 5.08. The normalized spacial score (nSPS) is 13.2. The summed E-state index contributed by atoms with van der Waals surface area (Å²) in [4.78, 5) is -0.542. The molecule has 0 amide bonds. The van der Waals surface area contributed by atoms with Gasteiger partial charge in [0.1, 0.15) is 0 Å². The van der Waals surface area contributed by atoms with Crippen LogP contribution in [-0.2, 0) is 30.9 Å². The Morgan fingerprint density at radius 1 is 0.727 bits per heavy atom. The third kappa shape index (κ3) is 7.82. The Morgan fingerprint density at radius 3 is 1.64 bits per heavy atom. The molecule has 0 radical (unpaired) electrons. The summed E-state index contributed by atoms with van der Waals surface area (Å²) in [5.41, 5.74) is -3.78. The topological polar surface area (TPSA) is 80.3 Å². The Hall–Kier alpha value is -1.91. The molecule has 33 heavy (non-hydrogen) atoms. The molecular formula is C23H32F3NO4S2. The van der Waals surface area contributed by atoms with Gasteiger partial charge in [-0.1, -0.05) is 88.1 Å². The number of hydrogen-bond acceptors (Lipinski definition) is 4. The first kappa shape index (κ1) is 29.1. The van der Waals surface area contributed by atoms with Crippen LogP contribution in [0.15, 0.2) is 59.5 Å². The van der Waals surface area contributed by atoms with Crippen LogP contribution in [-0.4, -0.2) is 22.3 Å². The van der Waals surface area contributed by atoms with E-state index in [-0.39, 0.29) is 0 Å². The van der Waals surface area contributed by atoms with Crippen LogP contribution >= 0.6 is 0 Å². The van der Waals surface area contributed by atoms with E-state index < -0.39 is 35.9 Å². The molecule has 0 heterocycles. The fraction of sp³-hybridized carbons (Fsp3) is 0.478. The van der Waals surface area contributed by atoms with Gasteiger partial charge in [-0.05, 0) is 46.9 Å². The number of nitrogens with one attached hydrogen (secondary N) is 1. The highest BCUT2D eigenvalue weighted by Crippen LogP contribution is 2.29. The van der Waals surface area contributed by atoms with E-state index in [0.29, 0.717) is 21.5 Å². The van der Waals surface area contributed by atoms with E-state index in [2.05, 4.69) is 51.1 Å². The van der Waals surface area contributed by atoms with Gasteiger partial charge < -0.3 is 0 Å². The molecule has 0 saturated carbocycles. The molecule has 2 rings (SSSR count). The second-order valence-corrected chi connectivity index (χ2v) is 12.5. The quantitative estimate of drug-likeness (QED) is 0.508. The van der Waals surface area contributed by atoms with Crippen molar-refractivity contribution in [3.8, 4) is 0 Å². The van der Waals surface area contributed by atoms with Crippen molar-refractivity contribution in [2.24, 2.45) is 0 Å². The lowest BCUT2D eigenvalue weighted by atomic mass is 9.82. The van der Waals surface area contributed by atoms with Gasteiger partial charge in [-0.25, -0.2) is 16.8 Å². The molecule has 2 aromatic rings. The maximum atomic E-state index is 12.3. The van der Waals surface area contributed by atoms with E-state index in [1.54, 1.807) is 6.07 Å². The molecule has 0 aromatic heterocycles. The summed E-state index contributed by atoms with van der Waals surface area (Å²) in [6.07, 6.45) is 1.85. The average molecular weight is 508 g/mol. The summed E-state index contributed by atoms with van der Waals surface area (Å²) < 4.78 is 83.2. The molecule has 2 aromatic carbocycles. The zero-order valence-electron chi connectivity index (χ0n) is 19.7. The summed E-state index contributed by atoms with van der Waals surface area (Å²) >= 11 is 0. The number of sulfonamides is 2. The molecule has 5 nitrogen and oxygen atoms in total. The Morgan fingerprint density at radius 2 is 1.18 bits per heavy atom. The van der Waals surface area contributed by atoms with E-state index >= 15 is 0 Å². The van der Waals surface area contributed by atoms with E-state index in [9.17, 15) is 30.0 Å². The first-order valence-electron chi connectivity index (χ1n) is 10.4. The molecule has 0 atom stereocenters. The van der Waals surface area contributed by atoms with Gasteiger partial charge >= 0.3 is 15.5 Å². The highest BCUT2D eigenvalue weighted by atomic mass is 32.3. The molecule has 0 bridgehead atoms. The van der Waals surface area contributed by atoms with Crippen molar-refractivity contribution in [2.45, 2.75) is 75.6 Å². The van der Waals surface area contributed by atoms with Gasteiger partial charge in [-0.3, -0.25) is 0 Å². The van der Waals surface area contributed by atoms with Crippen molar-refractivity contribution in [3.05, 3.63) is 65.7 Å². The van der Waals surface area contributed by atoms with Gasteiger partial charge in [-0.15, -0.1) is 0 Å². The predicted octanol–water partition coefficient (Wildman–Crippen LogP) is 5.88. The van der Waals surface area contributed by atoms with Crippen molar-refractivity contribution in [1.29, 1.82) is 0 Å². The van der Waals surface area contributed by atoms with Crippen molar-refractivity contribution >= 4 is 20.0 Å². The molecule has 10 heteroatoms. The average Bonchev–Trinajstić information content (AvgIpc) is 2.73. The van der Waals surface area contributed by atoms with Gasteiger partial charge in [0.15, 0.2) is 0 Å². The van der Waals surface area contributed by atoms with Crippen LogP contribution in [0.1, 0.15) is 65.5 Å². The Bertz CT molecular complexity index is 1130. The van der Waals surface area contributed by atoms with Crippen LogP contribution in [0.2, 0.25) is 0 Å². The summed E-state index contributed by atoms with van der Waals surface area (Å²) in [5.74, 6) is 0. The lowest BCUT2D eigenvalue weighted by Crippen LogP contribution is -2.40. The minimum atomic E-state index is -6.00. The van der Waals surface area contributed by atoms with Crippen LogP contribution < -0.4 is 4.13 Å². The number of alkyl halides is 3. The van der Waals surface area contributed by atoms with E-state index in [1.165, 1.54) is 18.1 Å². The van der Waals surface area contributed by atoms with Crippen molar-refractivity contribution in [2.75, 3.05) is 0 Å². The number of rotatable bonds is 7. The van der Waals surface area contributed by atoms with Gasteiger partial charge in [0.2, 0.25) is 0 Å². The minimum absolute atomic E-state index is 0.335. The molecule has 0 aliphatic heterocycles. The summed E-state index contributed by atoms with van der Waals surface area (Å²) in [6.45, 7) is 12.3. The Balaban J connectivity index is 0.000000412. The number of halogens is 3. The Labute approximate surface area is 195 Å². The molecule has 186 valence electrons. The molecule has 0 spiro atoms. The summed E-state index contributed by atoms with van der Waals surface area (Å²) in [6, 6.07) is 15.8. The van der Waals surface area contributed by atoms with Crippen molar-refractivity contribution in [1.82, 2.24) is 4.13 Å². The Kier molecular flexibility index (Phi) is 9.32. The first-order chi connectivity index (χ1) is 14.9. The summed E-state index contributed by atoms with van der Waals surface area (Å²) in [7, 11) is -10.8. The first-order valence-corrected chi connectivity index (χ1v) is 13.4. The van der Waals surface area contributed by atoms with E-state index in [4.69, 9.17) is 0 Å². The maximum Gasteiger partial charge on any atom is 0.512 e. The van der Waals surface area contributed by atoms with E-state index in [0.717, 1.165) is 12.1 Å². The molecule has 0 aliphatic carbocycles. The van der Waals surface area contributed by atoms with Gasteiger partial charge in [-0.2, -0.15) is 13.2 Å². The molecule has 0 fully saturated rings. The van der Waals surface area contributed by atoms with Gasteiger partial charge in [0, 0.05) is 0 Å². The van der Waals surface area contributed by atoms with Crippen molar-refractivity contribution < 1.29 is 30.0 Å². The lowest BCUT2D eigenvalue weighted by Gasteiger charge is -2.23. The second-order valence-electron chi connectivity index (χ2n) is 8.90. The molecule has 1 N–H and O–H groups in total. The highest BCUT2D eigenvalue weighted by molar-refractivity contribution is 8.05. The molecule has 0 aliphatic rings.